The van der Waals surface area contributed by atoms with Crippen molar-refractivity contribution < 1.29 is 14.2 Å². The standard InChI is InChI=1S/C11H16FNO2/c1-11(14,7-13)6-8-3-4-10(15-2)9(12)5-8/h3-5,14H,6-7,13H2,1-2H3. The molecule has 1 atom stereocenters. The molecule has 4 heteroatoms. The molecule has 1 rings (SSSR count). The summed E-state index contributed by atoms with van der Waals surface area (Å²) in [6.45, 7) is 1.76. The van der Waals surface area contributed by atoms with E-state index < -0.39 is 11.4 Å². The van der Waals surface area contributed by atoms with Crippen molar-refractivity contribution in [1.82, 2.24) is 0 Å². The zero-order chi connectivity index (χ0) is 11.5. The molecule has 0 aliphatic rings. The van der Waals surface area contributed by atoms with E-state index in [4.69, 9.17) is 10.5 Å². The van der Waals surface area contributed by atoms with Gasteiger partial charge >= 0.3 is 0 Å². The molecule has 1 aromatic carbocycles. The first kappa shape index (κ1) is 11.9. The second-order valence-electron chi connectivity index (χ2n) is 3.85. The monoisotopic (exact) mass is 213 g/mol. The minimum absolute atomic E-state index is 0.140. The van der Waals surface area contributed by atoms with Gasteiger partial charge in [-0.2, -0.15) is 0 Å². The fourth-order valence-corrected chi connectivity index (χ4v) is 1.33. The van der Waals surface area contributed by atoms with E-state index in [1.165, 1.54) is 19.2 Å². The molecule has 3 N–H and O–H groups in total. The van der Waals surface area contributed by atoms with Gasteiger partial charge in [0.2, 0.25) is 0 Å². The fraction of sp³-hybridized carbons (Fsp3) is 0.455. The number of hydrogen-bond donors (Lipinski definition) is 2. The van der Waals surface area contributed by atoms with Gasteiger partial charge in [0.1, 0.15) is 0 Å². The van der Waals surface area contributed by atoms with E-state index in [1.807, 2.05) is 0 Å². The second kappa shape index (κ2) is 4.59. The average molecular weight is 213 g/mol. The Labute approximate surface area is 88.7 Å². The summed E-state index contributed by atoms with van der Waals surface area (Å²) < 4.78 is 18.1. The molecule has 0 aromatic heterocycles. The van der Waals surface area contributed by atoms with Crippen LogP contribution in [0.3, 0.4) is 0 Å². The van der Waals surface area contributed by atoms with Crippen molar-refractivity contribution >= 4 is 0 Å². The van der Waals surface area contributed by atoms with Gasteiger partial charge in [-0.15, -0.1) is 0 Å². The first-order chi connectivity index (χ1) is 6.98. The lowest BCUT2D eigenvalue weighted by Gasteiger charge is -2.21. The SMILES string of the molecule is COc1ccc(CC(C)(O)CN)cc1F. The van der Waals surface area contributed by atoms with Gasteiger partial charge in [-0.1, -0.05) is 6.07 Å². The van der Waals surface area contributed by atoms with Crippen LogP contribution in [-0.2, 0) is 6.42 Å². The van der Waals surface area contributed by atoms with Crippen molar-refractivity contribution in [2.45, 2.75) is 18.9 Å². The molecule has 0 amide bonds. The average Bonchev–Trinajstić information content (AvgIpc) is 2.17. The highest BCUT2D eigenvalue weighted by Crippen LogP contribution is 2.20. The molecule has 84 valence electrons. The molecule has 0 saturated carbocycles. The first-order valence-electron chi connectivity index (χ1n) is 4.73. The smallest absolute Gasteiger partial charge is 0.165 e. The Morgan fingerprint density at radius 2 is 2.20 bits per heavy atom. The Kier molecular flexibility index (Phi) is 3.66. The predicted molar refractivity (Wildman–Crippen MR) is 56.3 cm³/mol. The number of benzene rings is 1. The van der Waals surface area contributed by atoms with Gasteiger partial charge in [0.05, 0.1) is 12.7 Å². The van der Waals surface area contributed by atoms with Gasteiger partial charge in [-0.3, -0.25) is 0 Å². The van der Waals surface area contributed by atoms with E-state index >= 15 is 0 Å². The van der Waals surface area contributed by atoms with Crippen molar-refractivity contribution in [1.29, 1.82) is 0 Å². The Balaban J connectivity index is 2.84. The maximum absolute atomic E-state index is 13.3. The lowest BCUT2D eigenvalue weighted by molar-refractivity contribution is 0.0696. The Hall–Kier alpha value is -1.13. The molecule has 0 fully saturated rings. The quantitative estimate of drug-likeness (QED) is 0.787. The maximum Gasteiger partial charge on any atom is 0.165 e. The lowest BCUT2D eigenvalue weighted by Crippen LogP contribution is -2.36. The van der Waals surface area contributed by atoms with Crippen molar-refractivity contribution in [3.05, 3.63) is 29.6 Å². The Bertz CT molecular complexity index is 339. The van der Waals surface area contributed by atoms with Gasteiger partial charge in [0.25, 0.3) is 0 Å². The van der Waals surface area contributed by atoms with Crippen LogP contribution in [0.15, 0.2) is 18.2 Å². The number of methoxy groups -OCH3 is 1. The highest BCUT2D eigenvalue weighted by atomic mass is 19.1. The Morgan fingerprint density at radius 3 is 2.67 bits per heavy atom. The number of aliphatic hydroxyl groups is 1. The molecule has 15 heavy (non-hydrogen) atoms. The zero-order valence-electron chi connectivity index (χ0n) is 8.96. The van der Waals surface area contributed by atoms with E-state index in [-0.39, 0.29) is 12.3 Å². The summed E-state index contributed by atoms with van der Waals surface area (Å²) in [6.07, 6.45) is 0.324. The number of hydrogen-bond acceptors (Lipinski definition) is 3. The summed E-state index contributed by atoms with van der Waals surface area (Å²) in [5, 5.41) is 9.72. The van der Waals surface area contributed by atoms with E-state index in [9.17, 15) is 9.50 Å². The van der Waals surface area contributed by atoms with Crippen LogP contribution >= 0.6 is 0 Å². The molecule has 0 spiro atoms. The van der Waals surface area contributed by atoms with Crippen molar-refractivity contribution in [2.75, 3.05) is 13.7 Å². The van der Waals surface area contributed by atoms with Gasteiger partial charge in [-0.05, 0) is 24.6 Å². The minimum atomic E-state index is -0.999. The predicted octanol–water partition coefficient (Wildman–Crippen LogP) is 1.09. The summed E-state index contributed by atoms with van der Waals surface area (Å²) in [4.78, 5) is 0. The topological polar surface area (TPSA) is 55.5 Å². The molecule has 3 nitrogen and oxygen atoms in total. The fourth-order valence-electron chi connectivity index (χ4n) is 1.33. The summed E-state index contributed by atoms with van der Waals surface area (Å²) in [7, 11) is 1.41. The highest BCUT2D eigenvalue weighted by Gasteiger charge is 2.19. The first-order valence-corrected chi connectivity index (χ1v) is 4.73. The molecular formula is C11H16FNO2. The maximum atomic E-state index is 13.3. The molecule has 0 bridgehead atoms. The summed E-state index contributed by atoms with van der Waals surface area (Å²) in [5.41, 5.74) is 5.08. The van der Waals surface area contributed by atoms with Crippen LogP contribution in [0.1, 0.15) is 12.5 Å². The van der Waals surface area contributed by atoms with Crippen molar-refractivity contribution in [3.63, 3.8) is 0 Å². The molecule has 1 unspecified atom stereocenters. The van der Waals surface area contributed by atoms with Gasteiger partial charge in [0.15, 0.2) is 11.6 Å². The van der Waals surface area contributed by atoms with Crippen LogP contribution in [0, 0.1) is 5.82 Å². The number of ether oxygens (including phenoxy) is 1. The summed E-state index contributed by atoms with van der Waals surface area (Å²) >= 11 is 0. The van der Waals surface area contributed by atoms with E-state index in [2.05, 4.69) is 0 Å². The molecular weight excluding hydrogens is 197 g/mol. The van der Waals surface area contributed by atoms with Crippen LogP contribution in [0.5, 0.6) is 5.75 Å². The Morgan fingerprint density at radius 1 is 1.53 bits per heavy atom. The summed E-state index contributed by atoms with van der Waals surface area (Å²) in [6, 6.07) is 4.60. The van der Waals surface area contributed by atoms with Gasteiger partial charge in [0, 0.05) is 13.0 Å². The lowest BCUT2D eigenvalue weighted by atomic mass is 9.97. The summed E-state index contributed by atoms with van der Waals surface area (Å²) in [5.74, 6) is -0.228. The molecule has 1 aromatic rings. The molecule has 0 aliphatic carbocycles. The second-order valence-corrected chi connectivity index (χ2v) is 3.85. The number of nitrogens with two attached hydrogens (primary N) is 1. The van der Waals surface area contributed by atoms with Crippen LogP contribution < -0.4 is 10.5 Å². The zero-order valence-corrected chi connectivity index (χ0v) is 8.96. The van der Waals surface area contributed by atoms with Crippen LogP contribution in [0.25, 0.3) is 0 Å². The van der Waals surface area contributed by atoms with E-state index in [0.29, 0.717) is 12.0 Å². The molecule has 0 radical (unpaired) electrons. The largest absolute Gasteiger partial charge is 0.494 e. The molecule has 0 aliphatic heterocycles. The highest BCUT2D eigenvalue weighted by molar-refractivity contribution is 5.30. The van der Waals surface area contributed by atoms with Crippen molar-refractivity contribution in [3.8, 4) is 5.75 Å². The number of rotatable bonds is 4. The third-order valence-corrected chi connectivity index (χ3v) is 2.24. The minimum Gasteiger partial charge on any atom is -0.494 e. The van der Waals surface area contributed by atoms with E-state index in [0.717, 1.165) is 0 Å². The van der Waals surface area contributed by atoms with Crippen LogP contribution in [0.4, 0.5) is 4.39 Å². The third kappa shape index (κ3) is 3.18. The molecule has 0 heterocycles. The van der Waals surface area contributed by atoms with Crippen LogP contribution in [-0.4, -0.2) is 24.4 Å². The van der Waals surface area contributed by atoms with Gasteiger partial charge < -0.3 is 15.6 Å². The number of halogens is 1. The van der Waals surface area contributed by atoms with E-state index in [1.54, 1.807) is 13.0 Å². The van der Waals surface area contributed by atoms with Gasteiger partial charge in [-0.25, -0.2) is 4.39 Å². The molecule has 0 saturated heterocycles. The normalized spacial score (nSPS) is 14.7. The van der Waals surface area contributed by atoms with Crippen LogP contribution in [0.2, 0.25) is 0 Å². The van der Waals surface area contributed by atoms with Crippen molar-refractivity contribution in [2.24, 2.45) is 5.73 Å². The third-order valence-electron chi connectivity index (χ3n) is 2.24.